The fourth-order valence-corrected chi connectivity index (χ4v) is 2.38. The molecule has 0 radical (unpaired) electrons. The summed E-state index contributed by atoms with van der Waals surface area (Å²) in [5.74, 6) is -2.39. The van der Waals surface area contributed by atoms with Gasteiger partial charge in [-0.1, -0.05) is 19.1 Å². The largest absolute Gasteiger partial charge is 0.342 e. The lowest BCUT2D eigenvalue weighted by atomic mass is 9.97. The number of halogens is 2. The third kappa shape index (κ3) is 3.04. The Kier molecular flexibility index (Phi) is 4.25. The van der Waals surface area contributed by atoms with Crippen LogP contribution in [0.15, 0.2) is 18.2 Å². The van der Waals surface area contributed by atoms with Gasteiger partial charge in [0.2, 0.25) is 11.8 Å². The molecule has 1 aromatic carbocycles. The van der Waals surface area contributed by atoms with Crippen LogP contribution in [0.4, 0.5) is 8.78 Å². The third-order valence-electron chi connectivity index (χ3n) is 3.88. The minimum Gasteiger partial charge on any atom is -0.342 e. The van der Waals surface area contributed by atoms with E-state index in [-0.39, 0.29) is 36.9 Å². The summed E-state index contributed by atoms with van der Waals surface area (Å²) in [6.07, 6.45) is 0.581. The Morgan fingerprint density at radius 2 is 2.05 bits per heavy atom. The van der Waals surface area contributed by atoms with Crippen molar-refractivity contribution in [2.24, 2.45) is 0 Å². The molecule has 0 aromatic heterocycles. The normalized spacial score (nSPS) is 23.0. The molecule has 1 aromatic rings. The smallest absolute Gasteiger partial charge is 0.248 e. The van der Waals surface area contributed by atoms with Crippen molar-refractivity contribution in [3.8, 4) is 0 Å². The van der Waals surface area contributed by atoms with Gasteiger partial charge in [-0.15, -0.1) is 0 Å². The van der Waals surface area contributed by atoms with E-state index < -0.39 is 17.2 Å². The van der Waals surface area contributed by atoms with Crippen LogP contribution in [0.1, 0.15) is 32.3 Å². The fourth-order valence-electron chi connectivity index (χ4n) is 2.38. The lowest BCUT2D eigenvalue weighted by Gasteiger charge is -2.31. The SMILES string of the molecule is CCC1(C)NC(=O)CCN(Cc2cccc(F)c2F)C1=O. The quantitative estimate of drug-likeness (QED) is 0.927. The molecule has 6 heteroatoms. The van der Waals surface area contributed by atoms with Crippen LogP contribution in [0.3, 0.4) is 0 Å². The maximum absolute atomic E-state index is 13.7. The molecule has 4 nitrogen and oxygen atoms in total. The van der Waals surface area contributed by atoms with Gasteiger partial charge in [0, 0.05) is 25.1 Å². The molecule has 2 rings (SSSR count). The highest BCUT2D eigenvalue weighted by Gasteiger charge is 2.39. The molecule has 114 valence electrons. The number of benzene rings is 1. The number of hydrogen-bond donors (Lipinski definition) is 1. The molecule has 0 spiro atoms. The van der Waals surface area contributed by atoms with Crippen molar-refractivity contribution >= 4 is 11.8 Å². The molecule has 0 saturated carbocycles. The van der Waals surface area contributed by atoms with Crippen LogP contribution in [-0.2, 0) is 16.1 Å². The van der Waals surface area contributed by atoms with Gasteiger partial charge >= 0.3 is 0 Å². The highest BCUT2D eigenvalue weighted by Crippen LogP contribution is 2.21. The molecule has 0 bridgehead atoms. The summed E-state index contributed by atoms with van der Waals surface area (Å²) in [6.45, 7) is 3.58. The van der Waals surface area contributed by atoms with E-state index in [1.165, 1.54) is 17.0 Å². The topological polar surface area (TPSA) is 49.4 Å². The average Bonchev–Trinajstić information content (AvgIpc) is 2.56. The van der Waals surface area contributed by atoms with Crippen LogP contribution in [0.2, 0.25) is 0 Å². The van der Waals surface area contributed by atoms with E-state index in [0.29, 0.717) is 6.42 Å². The van der Waals surface area contributed by atoms with E-state index in [4.69, 9.17) is 0 Å². The Balaban J connectivity index is 2.28. The summed E-state index contributed by atoms with van der Waals surface area (Å²) < 4.78 is 27.0. The zero-order valence-electron chi connectivity index (χ0n) is 12.1. The molecule has 1 fully saturated rings. The molecule has 1 saturated heterocycles. The fraction of sp³-hybridized carbons (Fsp3) is 0.467. The lowest BCUT2D eigenvalue weighted by molar-refractivity contribution is -0.138. The van der Waals surface area contributed by atoms with Crippen molar-refractivity contribution in [3.63, 3.8) is 0 Å². The predicted molar refractivity (Wildman–Crippen MR) is 73.2 cm³/mol. The number of carbonyl (C=O) groups is 2. The standard InChI is InChI=1S/C15H18F2N2O2/c1-3-15(2)14(21)19(8-7-12(20)18-15)9-10-5-4-6-11(16)13(10)17/h4-6H,3,7-9H2,1-2H3,(H,18,20). The Hall–Kier alpha value is -1.98. The van der Waals surface area contributed by atoms with Gasteiger partial charge in [-0.2, -0.15) is 0 Å². The summed E-state index contributed by atoms with van der Waals surface area (Å²) in [7, 11) is 0. The Bertz CT molecular complexity index is 577. The Morgan fingerprint density at radius 3 is 2.71 bits per heavy atom. The molecule has 2 amide bonds. The van der Waals surface area contributed by atoms with Gasteiger partial charge < -0.3 is 10.2 Å². The second kappa shape index (κ2) is 5.79. The molecule has 1 heterocycles. The molecular formula is C15H18F2N2O2. The van der Waals surface area contributed by atoms with Crippen LogP contribution in [0.5, 0.6) is 0 Å². The lowest BCUT2D eigenvalue weighted by Crippen LogP contribution is -2.54. The van der Waals surface area contributed by atoms with Gasteiger partial charge in [-0.05, 0) is 19.4 Å². The van der Waals surface area contributed by atoms with Gasteiger partial charge in [0.05, 0.1) is 0 Å². The van der Waals surface area contributed by atoms with E-state index in [0.717, 1.165) is 6.07 Å². The predicted octanol–water partition coefficient (Wildman–Crippen LogP) is 1.98. The monoisotopic (exact) mass is 296 g/mol. The maximum atomic E-state index is 13.7. The van der Waals surface area contributed by atoms with E-state index in [9.17, 15) is 18.4 Å². The minimum atomic E-state index is -1.00. The number of hydrogen-bond acceptors (Lipinski definition) is 2. The van der Waals surface area contributed by atoms with Crippen LogP contribution < -0.4 is 5.32 Å². The molecule has 1 atom stereocenters. The molecule has 1 unspecified atom stereocenters. The van der Waals surface area contributed by atoms with Gasteiger partial charge in [0.1, 0.15) is 5.54 Å². The number of rotatable bonds is 3. The van der Waals surface area contributed by atoms with Crippen LogP contribution in [0.25, 0.3) is 0 Å². The van der Waals surface area contributed by atoms with Crippen LogP contribution >= 0.6 is 0 Å². The van der Waals surface area contributed by atoms with Crippen molar-refractivity contribution in [3.05, 3.63) is 35.4 Å². The average molecular weight is 296 g/mol. The molecule has 1 aliphatic heterocycles. The van der Waals surface area contributed by atoms with Crippen LogP contribution in [0, 0.1) is 11.6 Å². The van der Waals surface area contributed by atoms with E-state index in [1.807, 2.05) is 0 Å². The van der Waals surface area contributed by atoms with Gasteiger partial charge in [0.15, 0.2) is 11.6 Å². The van der Waals surface area contributed by atoms with E-state index in [2.05, 4.69) is 5.32 Å². The second-order valence-corrected chi connectivity index (χ2v) is 5.42. The first kappa shape index (κ1) is 15.4. The summed E-state index contributed by atoms with van der Waals surface area (Å²) in [5.41, 5.74) is -0.895. The Morgan fingerprint density at radius 1 is 1.33 bits per heavy atom. The molecule has 1 aliphatic rings. The zero-order chi connectivity index (χ0) is 15.6. The first-order valence-electron chi connectivity index (χ1n) is 6.90. The maximum Gasteiger partial charge on any atom is 0.248 e. The molecule has 0 aliphatic carbocycles. The van der Waals surface area contributed by atoms with Crippen molar-refractivity contribution in [2.45, 2.75) is 38.8 Å². The summed E-state index contributed by atoms with van der Waals surface area (Å²) >= 11 is 0. The van der Waals surface area contributed by atoms with Crippen molar-refractivity contribution in [1.29, 1.82) is 0 Å². The highest BCUT2D eigenvalue weighted by molar-refractivity contribution is 5.93. The first-order valence-corrected chi connectivity index (χ1v) is 6.90. The number of nitrogens with zero attached hydrogens (tertiary/aromatic N) is 1. The number of nitrogens with one attached hydrogen (secondary N) is 1. The van der Waals surface area contributed by atoms with E-state index in [1.54, 1.807) is 13.8 Å². The van der Waals surface area contributed by atoms with Crippen LogP contribution in [-0.4, -0.2) is 28.8 Å². The van der Waals surface area contributed by atoms with Gasteiger partial charge in [0.25, 0.3) is 0 Å². The number of carbonyl (C=O) groups excluding carboxylic acids is 2. The highest BCUT2D eigenvalue weighted by atomic mass is 19.2. The molecule has 21 heavy (non-hydrogen) atoms. The summed E-state index contributed by atoms with van der Waals surface area (Å²) in [4.78, 5) is 25.6. The number of amides is 2. The molecular weight excluding hydrogens is 278 g/mol. The van der Waals surface area contributed by atoms with Gasteiger partial charge in [-0.25, -0.2) is 8.78 Å². The minimum absolute atomic E-state index is 0.0486. The Labute approximate surface area is 122 Å². The molecule has 1 N–H and O–H groups in total. The zero-order valence-corrected chi connectivity index (χ0v) is 12.1. The van der Waals surface area contributed by atoms with Crippen molar-refractivity contribution < 1.29 is 18.4 Å². The summed E-state index contributed by atoms with van der Waals surface area (Å²) in [5, 5.41) is 2.70. The van der Waals surface area contributed by atoms with E-state index >= 15 is 0 Å². The summed E-state index contributed by atoms with van der Waals surface area (Å²) in [6, 6.07) is 3.87. The van der Waals surface area contributed by atoms with Crippen molar-refractivity contribution in [2.75, 3.05) is 6.54 Å². The van der Waals surface area contributed by atoms with Crippen molar-refractivity contribution in [1.82, 2.24) is 10.2 Å². The second-order valence-electron chi connectivity index (χ2n) is 5.42. The van der Waals surface area contributed by atoms with Gasteiger partial charge in [-0.3, -0.25) is 9.59 Å². The third-order valence-corrected chi connectivity index (χ3v) is 3.88. The first-order chi connectivity index (χ1) is 9.87.